The highest BCUT2D eigenvalue weighted by Gasteiger charge is 2.15. The van der Waals surface area contributed by atoms with E-state index >= 15 is 0 Å². The van der Waals surface area contributed by atoms with Crippen LogP contribution in [0, 0.1) is 12.7 Å². The third kappa shape index (κ3) is 6.24. The van der Waals surface area contributed by atoms with Gasteiger partial charge in [-0.25, -0.2) is 14.6 Å². The first kappa shape index (κ1) is 23.6. The average molecular weight is 468 g/mol. The van der Waals surface area contributed by atoms with Crippen LogP contribution in [0.15, 0.2) is 71.8 Å². The van der Waals surface area contributed by atoms with Crippen LogP contribution in [0.3, 0.4) is 0 Å². The molecule has 33 heavy (non-hydrogen) atoms. The van der Waals surface area contributed by atoms with E-state index in [2.05, 4.69) is 15.8 Å². The summed E-state index contributed by atoms with van der Waals surface area (Å²) in [6, 6.07) is 17.1. The molecule has 168 valence electrons. The number of nitrogens with one attached hydrogen (secondary N) is 2. The molecular weight excluding hydrogens is 449 g/mol. The molecule has 3 rings (SSSR count). The van der Waals surface area contributed by atoms with Gasteiger partial charge < -0.3 is 10.1 Å². The second-order valence-corrected chi connectivity index (χ2v) is 7.36. The summed E-state index contributed by atoms with van der Waals surface area (Å²) < 4.78 is 18.6. The molecule has 3 aromatic rings. The molecule has 0 saturated carbocycles. The highest BCUT2D eigenvalue weighted by Crippen LogP contribution is 2.19. The molecule has 3 aromatic carbocycles. The zero-order chi connectivity index (χ0) is 24.0. The fourth-order valence-corrected chi connectivity index (χ4v) is 2.92. The van der Waals surface area contributed by atoms with E-state index in [4.69, 9.17) is 16.3 Å². The van der Waals surface area contributed by atoms with E-state index in [9.17, 15) is 18.8 Å². The smallest absolute Gasteiger partial charge is 0.343 e. The number of hydrogen-bond donors (Lipinski definition) is 2. The van der Waals surface area contributed by atoms with Gasteiger partial charge in [0, 0.05) is 5.69 Å². The normalized spacial score (nSPS) is 11.0. The average Bonchev–Trinajstić information content (AvgIpc) is 2.80. The number of carbonyl (C=O) groups is 3. The number of esters is 1. The number of rotatable bonds is 5. The summed E-state index contributed by atoms with van der Waals surface area (Å²) >= 11 is 5.65. The van der Waals surface area contributed by atoms with Gasteiger partial charge in [-0.1, -0.05) is 29.8 Å². The van der Waals surface area contributed by atoms with Crippen LogP contribution < -0.4 is 15.5 Å². The third-order valence-electron chi connectivity index (χ3n) is 4.56. The summed E-state index contributed by atoms with van der Waals surface area (Å²) in [7, 11) is 0. The van der Waals surface area contributed by atoms with Gasteiger partial charge in [0.05, 0.1) is 16.3 Å². The van der Waals surface area contributed by atoms with Crippen molar-refractivity contribution in [1.29, 1.82) is 0 Å². The Bertz CT molecular complexity index is 1240. The fourth-order valence-electron chi connectivity index (χ4n) is 2.74. The Balaban J connectivity index is 1.58. The van der Waals surface area contributed by atoms with E-state index in [1.807, 2.05) is 19.1 Å². The van der Waals surface area contributed by atoms with E-state index in [0.717, 1.165) is 11.6 Å². The summed E-state index contributed by atoms with van der Waals surface area (Å²) in [6.07, 6.45) is 0. The van der Waals surface area contributed by atoms with Crippen LogP contribution in [0.25, 0.3) is 0 Å². The van der Waals surface area contributed by atoms with Crippen LogP contribution in [0.5, 0.6) is 5.75 Å². The fraction of sp³-hybridized carbons (Fsp3) is 0.0833. The molecule has 0 atom stereocenters. The number of anilines is 1. The molecule has 9 heteroatoms. The lowest BCUT2D eigenvalue weighted by atomic mass is 10.1. The van der Waals surface area contributed by atoms with Gasteiger partial charge in [-0.05, 0) is 73.5 Å². The van der Waals surface area contributed by atoms with Crippen molar-refractivity contribution in [1.82, 2.24) is 5.43 Å². The molecule has 0 aromatic heterocycles. The molecule has 2 amide bonds. The number of nitrogens with zero attached hydrogens (tertiary/aromatic N) is 1. The van der Waals surface area contributed by atoms with Gasteiger partial charge in [-0.2, -0.15) is 5.10 Å². The molecule has 0 saturated heterocycles. The molecule has 0 radical (unpaired) electrons. The minimum Gasteiger partial charge on any atom is -0.423 e. The largest absolute Gasteiger partial charge is 0.423 e. The zero-order valence-corrected chi connectivity index (χ0v) is 18.4. The number of benzene rings is 3. The molecule has 0 aliphatic carbocycles. The predicted molar refractivity (Wildman–Crippen MR) is 123 cm³/mol. The van der Waals surface area contributed by atoms with E-state index < -0.39 is 23.6 Å². The maximum absolute atomic E-state index is 13.2. The van der Waals surface area contributed by atoms with Crippen LogP contribution in [-0.2, 0) is 9.59 Å². The topological polar surface area (TPSA) is 96.9 Å². The van der Waals surface area contributed by atoms with Crippen LogP contribution in [-0.4, -0.2) is 23.5 Å². The third-order valence-corrected chi connectivity index (χ3v) is 4.85. The lowest BCUT2D eigenvalue weighted by Crippen LogP contribution is -2.32. The molecule has 2 N–H and O–H groups in total. The molecule has 7 nitrogen and oxygen atoms in total. The first-order valence-electron chi connectivity index (χ1n) is 9.73. The van der Waals surface area contributed by atoms with E-state index in [1.165, 1.54) is 12.1 Å². The number of ether oxygens (including phenoxy) is 1. The van der Waals surface area contributed by atoms with Crippen molar-refractivity contribution in [3.8, 4) is 5.75 Å². The second-order valence-electron chi connectivity index (χ2n) is 6.95. The van der Waals surface area contributed by atoms with Gasteiger partial charge in [-0.3, -0.25) is 9.59 Å². The molecular formula is C24H19ClFN3O4. The van der Waals surface area contributed by atoms with Crippen molar-refractivity contribution < 1.29 is 23.5 Å². The van der Waals surface area contributed by atoms with E-state index in [1.54, 1.807) is 43.3 Å². The number of aryl methyl sites for hydroxylation is 1. The molecule has 0 unspecified atom stereocenters. The Kier molecular flexibility index (Phi) is 7.53. The first-order valence-corrected chi connectivity index (χ1v) is 10.1. The van der Waals surface area contributed by atoms with Crippen molar-refractivity contribution in [2.75, 3.05) is 5.32 Å². The Hall–Kier alpha value is -4.04. The number of hydrogen-bond acceptors (Lipinski definition) is 5. The quantitative estimate of drug-likeness (QED) is 0.190. The van der Waals surface area contributed by atoms with E-state index in [0.29, 0.717) is 22.6 Å². The molecule has 0 heterocycles. The molecule has 0 bridgehead atoms. The summed E-state index contributed by atoms with van der Waals surface area (Å²) in [5, 5.41) is 6.01. The maximum Gasteiger partial charge on any atom is 0.343 e. The van der Waals surface area contributed by atoms with Crippen LogP contribution in [0.4, 0.5) is 10.1 Å². The van der Waals surface area contributed by atoms with Crippen molar-refractivity contribution >= 4 is 40.8 Å². The number of hydrazone groups is 1. The van der Waals surface area contributed by atoms with Gasteiger partial charge in [0.2, 0.25) is 0 Å². The number of amides is 2. The molecule has 0 aliphatic heterocycles. The van der Waals surface area contributed by atoms with Gasteiger partial charge in [0.25, 0.3) is 0 Å². The highest BCUT2D eigenvalue weighted by molar-refractivity contribution is 6.40. The summed E-state index contributed by atoms with van der Waals surface area (Å²) in [5.74, 6) is -2.77. The SMILES string of the molecule is CC(=NNC(=O)C(=O)Nc1ccc(F)c(Cl)c1)c1ccc(OC(=O)c2ccccc2C)cc1. The van der Waals surface area contributed by atoms with Crippen LogP contribution in [0.1, 0.15) is 28.4 Å². The lowest BCUT2D eigenvalue weighted by molar-refractivity contribution is -0.136. The van der Waals surface area contributed by atoms with Gasteiger partial charge in [0.15, 0.2) is 0 Å². The Morgan fingerprint density at radius 2 is 1.67 bits per heavy atom. The number of carbonyl (C=O) groups excluding carboxylic acids is 3. The Morgan fingerprint density at radius 1 is 0.970 bits per heavy atom. The van der Waals surface area contributed by atoms with Crippen LogP contribution >= 0.6 is 11.6 Å². The van der Waals surface area contributed by atoms with Crippen molar-refractivity contribution in [3.05, 3.63) is 94.3 Å². The highest BCUT2D eigenvalue weighted by atomic mass is 35.5. The van der Waals surface area contributed by atoms with E-state index in [-0.39, 0.29) is 10.7 Å². The maximum atomic E-state index is 13.2. The van der Waals surface area contributed by atoms with Gasteiger partial charge in [-0.15, -0.1) is 0 Å². The summed E-state index contributed by atoms with van der Waals surface area (Å²) in [6.45, 7) is 3.45. The van der Waals surface area contributed by atoms with Gasteiger partial charge in [0.1, 0.15) is 11.6 Å². The van der Waals surface area contributed by atoms with Crippen molar-refractivity contribution in [2.45, 2.75) is 13.8 Å². The second kappa shape index (κ2) is 10.5. The Labute approximate surface area is 194 Å². The standard InChI is InChI=1S/C24H19ClFN3O4/c1-14-5-3-4-6-19(14)24(32)33-18-10-7-16(8-11-18)15(2)28-29-23(31)22(30)27-17-9-12-21(26)20(25)13-17/h3-13H,1-2H3,(H,27,30)(H,29,31). The monoisotopic (exact) mass is 467 g/mol. The minimum atomic E-state index is -1.02. The minimum absolute atomic E-state index is 0.165. The zero-order valence-electron chi connectivity index (χ0n) is 17.7. The van der Waals surface area contributed by atoms with Crippen LogP contribution in [0.2, 0.25) is 5.02 Å². The van der Waals surface area contributed by atoms with Crippen molar-refractivity contribution in [2.24, 2.45) is 5.10 Å². The Morgan fingerprint density at radius 3 is 2.33 bits per heavy atom. The molecule has 0 spiro atoms. The molecule has 0 aliphatic rings. The summed E-state index contributed by atoms with van der Waals surface area (Å²) in [4.78, 5) is 36.3. The summed E-state index contributed by atoms with van der Waals surface area (Å²) in [5.41, 5.74) is 4.65. The van der Waals surface area contributed by atoms with Gasteiger partial charge >= 0.3 is 17.8 Å². The molecule has 0 fully saturated rings. The predicted octanol–water partition coefficient (Wildman–Crippen LogP) is 4.49. The first-order chi connectivity index (χ1) is 15.7. The lowest BCUT2D eigenvalue weighted by Gasteiger charge is -2.08. The van der Waals surface area contributed by atoms with Crippen molar-refractivity contribution in [3.63, 3.8) is 0 Å². The number of halogens is 2.